The van der Waals surface area contributed by atoms with Crippen LogP contribution in [0.2, 0.25) is 0 Å². The quantitative estimate of drug-likeness (QED) is 0.917. The summed E-state index contributed by atoms with van der Waals surface area (Å²) in [6, 6.07) is 7.51. The van der Waals surface area contributed by atoms with Gasteiger partial charge in [-0.25, -0.2) is 13.4 Å². The van der Waals surface area contributed by atoms with E-state index in [0.29, 0.717) is 5.89 Å². The Kier molecular flexibility index (Phi) is 4.13. The van der Waals surface area contributed by atoms with Crippen LogP contribution in [0.4, 0.5) is 5.69 Å². The average molecular weight is 294 g/mol. The molecule has 1 aromatic heterocycles. The lowest BCUT2D eigenvalue weighted by atomic mass is 10.1. The molecule has 0 fully saturated rings. The Hall–Kier alpha value is -1.82. The van der Waals surface area contributed by atoms with E-state index in [0.717, 1.165) is 16.9 Å². The maximum atomic E-state index is 11.2. The zero-order valence-corrected chi connectivity index (χ0v) is 12.6. The Morgan fingerprint density at radius 2 is 1.95 bits per heavy atom. The predicted octanol–water partition coefficient (Wildman–Crippen LogP) is 2.50. The molecule has 2 aromatic rings. The van der Waals surface area contributed by atoms with Crippen molar-refractivity contribution in [2.24, 2.45) is 0 Å². The van der Waals surface area contributed by atoms with E-state index in [2.05, 4.69) is 10.3 Å². The second-order valence-corrected chi connectivity index (χ2v) is 7.15. The van der Waals surface area contributed by atoms with Gasteiger partial charge in [0.2, 0.25) is 0 Å². The fourth-order valence-corrected chi connectivity index (χ4v) is 3.01. The lowest BCUT2D eigenvalue weighted by Gasteiger charge is -2.14. The van der Waals surface area contributed by atoms with Gasteiger partial charge in [0.05, 0.1) is 5.75 Å². The molecule has 1 heterocycles. The smallest absolute Gasteiger partial charge is 0.191 e. The summed E-state index contributed by atoms with van der Waals surface area (Å²) < 4.78 is 27.6. The molecule has 0 saturated carbocycles. The fraction of sp³-hybridized carbons (Fsp3) is 0.357. The van der Waals surface area contributed by atoms with Crippen molar-refractivity contribution in [1.29, 1.82) is 0 Å². The van der Waals surface area contributed by atoms with Crippen molar-refractivity contribution in [3.63, 3.8) is 0 Å². The van der Waals surface area contributed by atoms with E-state index >= 15 is 0 Å². The number of nitrogens with one attached hydrogen (secondary N) is 1. The van der Waals surface area contributed by atoms with Crippen LogP contribution >= 0.6 is 0 Å². The van der Waals surface area contributed by atoms with Crippen molar-refractivity contribution in [2.75, 3.05) is 17.3 Å². The third kappa shape index (κ3) is 4.09. The van der Waals surface area contributed by atoms with Crippen LogP contribution in [-0.2, 0) is 9.84 Å². The topological polar surface area (TPSA) is 72.2 Å². The van der Waals surface area contributed by atoms with Crippen molar-refractivity contribution in [2.45, 2.75) is 19.9 Å². The molecular weight excluding hydrogens is 276 g/mol. The van der Waals surface area contributed by atoms with E-state index in [1.54, 1.807) is 13.2 Å². The highest BCUT2D eigenvalue weighted by Crippen LogP contribution is 2.21. The molecule has 0 amide bonds. The molecule has 0 saturated heterocycles. The van der Waals surface area contributed by atoms with Crippen LogP contribution < -0.4 is 5.32 Å². The minimum Gasteiger partial charge on any atom is -0.449 e. The number of benzene rings is 1. The lowest BCUT2D eigenvalue weighted by molar-refractivity contribution is 0.521. The third-order valence-electron chi connectivity index (χ3n) is 2.77. The minimum absolute atomic E-state index is 0.108. The van der Waals surface area contributed by atoms with Gasteiger partial charge < -0.3 is 9.73 Å². The normalized spacial score (nSPS) is 13.2. The summed E-state index contributed by atoms with van der Waals surface area (Å²) >= 11 is 0. The molecule has 1 atom stereocenters. The van der Waals surface area contributed by atoms with Crippen LogP contribution in [0.5, 0.6) is 0 Å². The molecule has 1 aromatic carbocycles. The molecule has 108 valence electrons. The van der Waals surface area contributed by atoms with Crippen LogP contribution in [0.1, 0.15) is 12.8 Å². The highest BCUT2D eigenvalue weighted by molar-refractivity contribution is 7.90. The monoisotopic (exact) mass is 294 g/mol. The first-order valence-corrected chi connectivity index (χ1v) is 8.36. The van der Waals surface area contributed by atoms with Gasteiger partial charge in [-0.1, -0.05) is 12.1 Å². The van der Waals surface area contributed by atoms with E-state index in [1.165, 1.54) is 6.26 Å². The highest BCUT2D eigenvalue weighted by atomic mass is 32.2. The SMILES string of the molecule is Cc1nc(-c2ccc(NC(C)CS(C)(=O)=O)cc2)co1. The van der Waals surface area contributed by atoms with Gasteiger partial charge in [-0.05, 0) is 19.1 Å². The van der Waals surface area contributed by atoms with E-state index < -0.39 is 9.84 Å². The number of hydrogen-bond acceptors (Lipinski definition) is 5. The van der Waals surface area contributed by atoms with Crippen LogP contribution in [0, 0.1) is 6.92 Å². The molecule has 6 heteroatoms. The van der Waals surface area contributed by atoms with Gasteiger partial charge in [-0.2, -0.15) is 0 Å². The molecule has 1 unspecified atom stereocenters. The van der Waals surface area contributed by atoms with Crippen LogP contribution in [0.15, 0.2) is 34.9 Å². The number of sulfone groups is 1. The van der Waals surface area contributed by atoms with Gasteiger partial charge in [0, 0.05) is 30.5 Å². The maximum absolute atomic E-state index is 11.2. The molecule has 0 radical (unpaired) electrons. The van der Waals surface area contributed by atoms with Crippen molar-refractivity contribution in [1.82, 2.24) is 4.98 Å². The number of hydrogen-bond donors (Lipinski definition) is 1. The number of anilines is 1. The number of aromatic nitrogens is 1. The first kappa shape index (κ1) is 14.6. The summed E-state index contributed by atoms with van der Waals surface area (Å²) in [5.41, 5.74) is 2.63. The number of rotatable bonds is 5. The van der Waals surface area contributed by atoms with E-state index in [-0.39, 0.29) is 11.8 Å². The molecule has 5 nitrogen and oxygen atoms in total. The van der Waals surface area contributed by atoms with Gasteiger partial charge >= 0.3 is 0 Å². The van der Waals surface area contributed by atoms with Crippen molar-refractivity contribution in [3.8, 4) is 11.3 Å². The Labute approximate surface area is 119 Å². The number of aryl methyl sites for hydroxylation is 1. The summed E-state index contributed by atoms with van der Waals surface area (Å²) in [5, 5.41) is 3.16. The van der Waals surface area contributed by atoms with Crippen molar-refractivity contribution in [3.05, 3.63) is 36.4 Å². The average Bonchev–Trinajstić information content (AvgIpc) is 2.74. The summed E-state index contributed by atoms with van der Waals surface area (Å²) in [4.78, 5) is 4.25. The Morgan fingerprint density at radius 3 is 2.45 bits per heavy atom. The number of oxazole rings is 1. The van der Waals surface area contributed by atoms with Gasteiger partial charge in [-0.3, -0.25) is 0 Å². The standard InChI is InChI=1S/C14H18N2O3S/c1-10(9-20(3,17)18)15-13-6-4-12(5-7-13)14-8-19-11(2)16-14/h4-8,10,15H,9H2,1-3H3. The van der Waals surface area contributed by atoms with Gasteiger partial charge in [0.25, 0.3) is 0 Å². The predicted molar refractivity (Wildman–Crippen MR) is 79.5 cm³/mol. The molecule has 0 aliphatic heterocycles. The Balaban J connectivity index is 2.05. The van der Waals surface area contributed by atoms with Crippen LogP contribution in [-0.4, -0.2) is 31.5 Å². The van der Waals surface area contributed by atoms with Gasteiger partial charge in [0.15, 0.2) is 5.89 Å². The fourth-order valence-electron chi connectivity index (χ4n) is 2.01. The molecule has 2 rings (SSSR count). The summed E-state index contributed by atoms with van der Waals surface area (Å²) in [5.74, 6) is 0.737. The largest absolute Gasteiger partial charge is 0.449 e. The van der Waals surface area contributed by atoms with Crippen LogP contribution in [0.25, 0.3) is 11.3 Å². The van der Waals surface area contributed by atoms with Gasteiger partial charge in [-0.15, -0.1) is 0 Å². The first-order chi connectivity index (χ1) is 9.33. The van der Waals surface area contributed by atoms with Crippen molar-refractivity contribution < 1.29 is 12.8 Å². The molecule has 1 N–H and O–H groups in total. The second kappa shape index (κ2) is 5.66. The number of nitrogens with zero attached hydrogens (tertiary/aromatic N) is 1. The van der Waals surface area contributed by atoms with E-state index in [1.807, 2.05) is 31.2 Å². The van der Waals surface area contributed by atoms with Crippen molar-refractivity contribution >= 4 is 15.5 Å². The molecule has 0 aliphatic rings. The molecule has 0 aliphatic carbocycles. The molecule has 0 bridgehead atoms. The zero-order valence-electron chi connectivity index (χ0n) is 11.8. The minimum atomic E-state index is -2.98. The van der Waals surface area contributed by atoms with E-state index in [9.17, 15) is 8.42 Å². The second-order valence-electron chi connectivity index (χ2n) is 4.97. The third-order valence-corrected chi connectivity index (χ3v) is 3.87. The Morgan fingerprint density at radius 1 is 1.30 bits per heavy atom. The Bertz CT molecular complexity index is 675. The first-order valence-electron chi connectivity index (χ1n) is 6.30. The molecular formula is C14H18N2O3S. The van der Waals surface area contributed by atoms with Crippen LogP contribution in [0.3, 0.4) is 0 Å². The van der Waals surface area contributed by atoms with Gasteiger partial charge in [0.1, 0.15) is 21.8 Å². The lowest BCUT2D eigenvalue weighted by Crippen LogP contribution is -2.24. The zero-order chi connectivity index (χ0) is 14.8. The maximum Gasteiger partial charge on any atom is 0.191 e. The highest BCUT2D eigenvalue weighted by Gasteiger charge is 2.10. The molecule has 0 spiro atoms. The summed E-state index contributed by atoms with van der Waals surface area (Å²) in [6.07, 6.45) is 2.85. The molecule has 20 heavy (non-hydrogen) atoms. The summed E-state index contributed by atoms with van der Waals surface area (Å²) in [6.45, 7) is 3.64. The summed E-state index contributed by atoms with van der Waals surface area (Å²) in [7, 11) is -2.98. The van der Waals surface area contributed by atoms with E-state index in [4.69, 9.17) is 4.42 Å².